The van der Waals surface area contributed by atoms with Gasteiger partial charge in [0.05, 0.1) is 10.6 Å². The fourth-order valence-corrected chi connectivity index (χ4v) is 2.38. The van der Waals surface area contributed by atoms with Gasteiger partial charge >= 0.3 is 0 Å². The van der Waals surface area contributed by atoms with E-state index < -0.39 is 16.6 Å². The Morgan fingerprint density at radius 3 is 2.36 bits per heavy atom. The Labute approximate surface area is 145 Å². The molecule has 0 aromatic heterocycles. The van der Waals surface area contributed by atoms with Crippen LogP contribution in [0.2, 0.25) is 0 Å². The molecule has 2 rings (SSSR count). The molecule has 0 atom stereocenters. The molecule has 0 aliphatic carbocycles. The number of anilines is 1. The number of nitro groups is 1. The topological polar surface area (TPSA) is 75.5 Å². The van der Waals surface area contributed by atoms with Crippen LogP contribution in [-0.4, -0.2) is 28.8 Å². The van der Waals surface area contributed by atoms with Gasteiger partial charge in [0.2, 0.25) is 0 Å². The second-order valence-electron chi connectivity index (χ2n) is 5.53. The Hall–Kier alpha value is -2.80. The smallest absolute Gasteiger partial charge is 0.271 e. The summed E-state index contributed by atoms with van der Waals surface area (Å²) in [4.78, 5) is 24.6. The van der Waals surface area contributed by atoms with Crippen LogP contribution in [0, 0.1) is 15.9 Å². The first-order valence-electron chi connectivity index (χ1n) is 8.01. The summed E-state index contributed by atoms with van der Waals surface area (Å²) in [6, 6.07) is 10.0. The van der Waals surface area contributed by atoms with Gasteiger partial charge in [-0.2, -0.15) is 0 Å². The lowest BCUT2D eigenvalue weighted by Gasteiger charge is -2.18. The van der Waals surface area contributed by atoms with E-state index in [9.17, 15) is 19.3 Å². The van der Waals surface area contributed by atoms with E-state index in [1.165, 1.54) is 0 Å². The lowest BCUT2D eigenvalue weighted by atomic mass is 10.1. The fourth-order valence-electron chi connectivity index (χ4n) is 2.38. The number of halogens is 1. The van der Waals surface area contributed by atoms with Crippen LogP contribution in [0.5, 0.6) is 0 Å². The number of nitro benzene ring substituents is 1. The van der Waals surface area contributed by atoms with Crippen molar-refractivity contribution in [2.75, 3.05) is 18.4 Å². The quantitative estimate of drug-likeness (QED) is 0.611. The molecule has 7 heteroatoms. The summed E-state index contributed by atoms with van der Waals surface area (Å²) in [7, 11) is 0. The molecule has 0 saturated heterocycles. The SMILES string of the molecule is CCN(CC)Cc1ccc(C(=O)Nc2cc([N+](=O)[O-])ccc2F)cc1. The van der Waals surface area contributed by atoms with Crippen molar-refractivity contribution in [3.8, 4) is 0 Å². The first-order valence-corrected chi connectivity index (χ1v) is 8.01. The van der Waals surface area contributed by atoms with Gasteiger partial charge in [-0.1, -0.05) is 26.0 Å². The third kappa shape index (κ3) is 4.84. The Bertz CT molecular complexity index is 759. The summed E-state index contributed by atoms with van der Waals surface area (Å²) >= 11 is 0. The number of nitrogens with zero attached hydrogens (tertiary/aromatic N) is 2. The highest BCUT2D eigenvalue weighted by atomic mass is 19.1. The first-order chi connectivity index (χ1) is 11.9. The molecule has 0 saturated carbocycles. The zero-order chi connectivity index (χ0) is 18.4. The molecular formula is C18H20FN3O3. The van der Waals surface area contributed by atoms with Crippen molar-refractivity contribution in [2.24, 2.45) is 0 Å². The Morgan fingerprint density at radius 2 is 1.80 bits per heavy atom. The third-order valence-electron chi connectivity index (χ3n) is 3.93. The molecule has 1 amide bonds. The summed E-state index contributed by atoms with van der Waals surface area (Å²) < 4.78 is 13.8. The molecule has 0 aliphatic heterocycles. The Balaban J connectivity index is 2.11. The van der Waals surface area contributed by atoms with Crippen molar-refractivity contribution in [2.45, 2.75) is 20.4 Å². The molecule has 0 aliphatic rings. The van der Waals surface area contributed by atoms with Gasteiger partial charge in [0.1, 0.15) is 5.82 Å². The zero-order valence-electron chi connectivity index (χ0n) is 14.2. The van der Waals surface area contributed by atoms with E-state index in [-0.39, 0.29) is 11.4 Å². The molecule has 0 spiro atoms. The Morgan fingerprint density at radius 1 is 1.16 bits per heavy atom. The van der Waals surface area contributed by atoms with Crippen LogP contribution in [0.3, 0.4) is 0 Å². The number of hydrogen-bond donors (Lipinski definition) is 1. The van der Waals surface area contributed by atoms with E-state index in [2.05, 4.69) is 24.1 Å². The monoisotopic (exact) mass is 345 g/mol. The van der Waals surface area contributed by atoms with Crippen molar-refractivity contribution >= 4 is 17.3 Å². The van der Waals surface area contributed by atoms with Gasteiger partial charge in [0.25, 0.3) is 11.6 Å². The van der Waals surface area contributed by atoms with Gasteiger partial charge < -0.3 is 5.32 Å². The molecule has 2 aromatic rings. The molecule has 132 valence electrons. The third-order valence-corrected chi connectivity index (χ3v) is 3.93. The van der Waals surface area contributed by atoms with Gasteiger partial charge in [-0.15, -0.1) is 0 Å². The van der Waals surface area contributed by atoms with E-state index in [0.29, 0.717) is 5.56 Å². The van der Waals surface area contributed by atoms with Crippen LogP contribution >= 0.6 is 0 Å². The minimum Gasteiger partial charge on any atom is -0.319 e. The number of hydrogen-bond acceptors (Lipinski definition) is 4. The highest BCUT2D eigenvalue weighted by Crippen LogP contribution is 2.22. The molecule has 0 heterocycles. The van der Waals surface area contributed by atoms with Crippen molar-refractivity contribution in [3.63, 3.8) is 0 Å². The molecular weight excluding hydrogens is 325 g/mol. The highest BCUT2D eigenvalue weighted by Gasteiger charge is 2.14. The molecule has 2 aromatic carbocycles. The number of rotatable bonds is 7. The van der Waals surface area contributed by atoms with Gasteiger partial charge in [0, 0.05) is 24.2 Å². The van der Waals surface area contributed by atoms with Crippen LogP contribution in [0.1, 0.15) is 29.8 Å². The minimum atomic E-state index is -0.725. The maximum absolute atomic E-state index is 13.8. The zero-order valence-corrected chi connectivity index (χ0v) is 14.2. The number of carbonyl (C=O) groups is 1. The normalized spacial score (nSPS) is 10.7. The lowest BCUT2D eigenvalue weighted by molar-refractivity contribution is -0.384. The van der Waals surface area contributed by atoms with Gasteiger partial charge in [0.15, 0.2) is 0 Å². The van der Waals surface area contributed by atoms with E-state index in [1.807, 2.05) is 12.1 Å². The lowest BCUT2D eigenvalue weighted by Crippen LogP contribution is -2.22. The van der Waals surface area contributed by atoms with Crippen molar-refractivity contribution in [3.05, 3.63) is 69.5 Å². The average molecular weight is 345 g/mol. The van der Waals surface area contributed by atoms with Crippen LogP contribution in [0.25, 0.3) is 0 Å². The maximum atomic E-state index is 13.8. The number of non-ortho nitro benzene ring substituents is 1. The molecule has 0 fully saturated rings. The average Bonchev–Trinajstić information content (AvgIpc) is 2.61. The first kappa shape index (κ1) is 18.5. The van der Waals surface area contributed by atoms with Crippen LogP contribution < -0.4 is 5.32 Å². The maximum Gasteiger partial charge on any atom is 0.271 e. The predicted molar refractivity (Wildman–Crippen MR) is 94.1 cm³/mol. The van der Waals surface area contributed by atoms with Crippen molar-refractivity contribution < 1.29 is 14.1 Å². The molecule has 0 unspecified atom stereocenters. The molecule has 6 nitrogen and oxygen atoms in total. The van der Waals surface area contributed by atoms with Crippen LogP contribution in [0.15, 0.2) is 42.5 Å². The van der Waals surface area contributed by atoms with Gasteiger partial charge in [-0.25, -0.2) is 4.39 Å². The number of amides is 1. The largest absolute Gasteiger partial charge is 0.319 e. The second kappa shape index (κ2) is 8.34. The van der Waals surface area contributed by atoms with Gasteiger partial charge in [-0.05, 0) is 36.9 Å². The molecule has 1 N–H and O–H groups in total. The van der Waals surface area contributed by atoms with Crippen molar-refractivity contribution in [1.29, 1.82) is 0 Å². The standard InChI is InChI=1S/C18H20FN3O3/c1-3-21(4-2)12-13-5-7-14(8-6-13)18(23)20-17-11-15(22(24)25)9-10-16(17)19/h5-11H,3-4,12H2,1-2H3,(H,20,23). The second-order valence-corrected chi connectivity index (χ2v) is 5.53. The highest BCUT2D eigenvalue weighted by molar-refractivity contribution is 6.04. The number of nitrogens with one attached hydrogen (secondary N) is 1. The molecule has 25 heavy (non-hydrogen) atoms. The number of carbonyl (C=O) groups excluding carboxylic acids is 1. The Kier molecular flexibility index (Phi) is 6.19. The van der Waals surface area contributed by atoms with E-state index >= 15 is 0 Å². The molecule has 0 radical (unpaired) electrons. The van der Waals surface area contributed by atoms with E-state index in [4.69, 9.17) is 0 Å². The van der Waals surface area contributed by atoms with E-state index in [0.717, 1.165) is 43.4 Å². The minimum absolute atomic E-state index is 0.216. The summed E-state index contributed by atoms with van der Waals surface area (Å²) in [5.74, 6) is -1.24. The van der Waals surface area contributed by atoms with Gasteiger partial charge in [-0.3, -0.25) is 19.8 Å². The van der Waals surface area contributed by atoms with Crippen LogP contribution in [0.4, 0.5) is 15.8 Å². The fraction of sp³-hybridized carbons (Fsp3) is 0.278. The predicted octanol–water partition coefficient (Wildman–Crippen LogP) is 3.83. The summed E-state index contributed by atoms with van der Waals surface area (Å²) in [5.41, 5.74) is 0.925. The summed E-state index contributed by atoms with van der Waals surface area (Å²) in [6.07, 6.45) is 0. The van der Waals surface area contributed by atoms with E-state index in [1.54, 1.807) is 12.1 Å². The summed E-state index contributed by atoms with van der Waals surface area (Å²) in [6.45, 7) is 6.82. The summed E-state index contributed by atoms with van der Waals surface area (Å²) in [5, 5.41) is 13.1. The van der Waals surface area contributed by atoms with Crippen molar-refractivity contribution in [1.82, 2.24) is 4.90 Å². The molecule has 0 bridgehead atoms. The number of benzene rings is 2. The van der Waals surface area contributed by atoms with Crippen LogP contribution in [-0.2, 0) is 6.54 Å².